The highest BCUT2D eigenvalue weighted by Crippen LogP contribution is 2.10. The summed E-state index contributed by atoms with van der Waals surface area (Å²) in [6.07, 6.45) is 6.01. The van der Waals surface area contributed by atoms with Gasteiger partial charge >= 0.3 is 29.8 Å². The number of nitrogens with one attached hydrogen (secondary N) is 2. The summed E-state index contributed by atoms with van der Waals surface area (Å²) in [4.78, 5) is 50.5. The lowest BCUT2D eigenvalue weighted by molar-refractivity contribution is -0.140. The van der Waals surface area contributed by atoms with E-state index in [1.165, 1.54) is 12.1 Å². The van der Waals surface area contributed by atoms with Gasteiger partial charge in [0.05, 0.1) is 6.61 Å². The first kappa shape index (κ1) is 44.2. The number of nitrogens with two attached hydrogens (primary N) is 4. The van der Waals surface area contributed by atoms with Crippen molar-refractivity contribution < 1.29 is 59.7 Å². The van der Waals surface area contributed by atoms with Gasteiger partial charge in [0.2, 0.25) is 0 Å². The second-order valence-corrected chi connectivity index (χ2v) is 10.1. The van der Waals surface area contributed by atoms with Crippen LogP contribution in [0.5, 0.6) is 5.75 Å². The Morgan fingerprint density at radius 1 is 0.717 bits per heavy atom. The van der Waals surface area contributed by atoms with Crippen LogP contribution >= 0.6 is 0 Å². The van der Waals surface area contributed by atoms with Gasteiger partial charge in [-0.1, -0.05) is 18.6 Å². The van der Waals surface area contributed by atoms with Crippen molar-refractivity contribution in [3.05, 3.63) is 29.8 Å². The van der Waals surface area contributed by atoms with Gasteiger partial charge in [-0.25, -0.2) is 0 Å². The number of hydrogen-bond acceptors (Lipinski definition) is 13. The largest absolute Gasteiger partial charge is 0.508 e. The highest BCUT2D eigenvalue weighted by molar-refractivity contribution is 5.74. The topological polar surface area (TPSA) is 355 Å². The molecule has 0 amide bonds. The lowest BCUT2D eigenvalue weighted by atomic mass is 10.1. The average molecular weight is 663 g/mol. The molecule has 1 aromatic carbocycles. The van der Waals surface area contributed by atoms with Gasteiger partial charge in [0.1, 0.15) is 36.0 Å². The van der Waals surface area contributed by atoms with E-state index in [1.807, 2.05) is 0 Å². The van der Waals surface area contributed by atoms with Crippen molar-refractivity contribution in [2.45, 2.75) is 81.6 Å². The summed E-state index contributed by atoms with van der Waals surface area (Å²) in [5.41, 5.74) is 21.3. The number of benzene rings is 1. The molecule has 264 valence electrons. The molecule has 0 bridgehead atoms. The van der Waals surface area contributed by atoms with Gasteiger partial charge in [0.15, 0.2) is 0 Å². The van der Waals surface area contributed by atoms with Gasteiger partial charge in [-0.3, -0.25) is 24.0 Å². The van der Waals surface area contributed by atoms with E-state index in [1.54, 1.807) is 12.1 Å². The molecule has 2 saturated heterocycles. The second kappa shape index (κ2) is 26.3. The summed E-state index contributed by atoms with van der Waals surface area (Å²) in [5.74, 6) is -4.41. The number of aliphatic carboxylic acids is 5. The zero-order valence-electron chi connectivity index (χ0n) is 25.7. The zero-order chi connectivity index (χ0) is 35.7. The number of hydrogen-bond donors (Lipinski definition) is 13. The lowest BCUT2D eigenvalue weighted by Gasteiger charge is -2.05. The van der Waals surface area contributed by atoms with E-state index < -0.39 is 54.6 Å². The summed E-state index contributed by atoms with van der Waals surface area (Å²) in [5, 5.41) is 64.1. The molecule has 17 N–H and O–H groups in total. The van der Waals surface area contributed by atoms with Crippen LogP contribution in [0.4, 0.5) is 0 Å². The Kier molecular flexibility index (Phi) is 25.3. The molecular weight excluding hydrogens is 612 g/mol. The van der Waals surface area contributed by atoms with Crippen molar-refractivity contribution in [1.82, 2.24) is 10.6 Å². The molecule has 0 saturated carbocycles. The minimum atomic E-state index is -1.18. The van der Waals surface area contributed by atoms with Gasteiger partial charge in [-0.2, -0.15) is 0 Å². The minimum absolute atomic E-state index is 0.160. The third kappa shape index (κ3) is 23.5. The normalized spacial score (nSPS) is 18.2. The van der Waals surface area contributed by atoms with Gasteiger partial charge < -0.3 is 69.3 Å². The van der Waals surface area contributed by atoms with Crippen molar-refractivity contribution in [2.24, 2.45) is 22.9 Å². The van der Waals surface area contributed by atoms with Crippen molar-refractivity contribution >= 4 is 29.8 Å². The van der Waals surface area contributed by atoms with Crippen LogP contribution in [0.1, 0.15) is 50.5 Å². The fourth-order valence-electron chi connectivity index (χ4n) is 3.47. The third-order valence-electron chi connectivity index (χ3n) is 6.23. The number of aromatic hydroxyl groups is 1. The van der Waals surface area contributed by atoms with Gasteiger partial charge in [-0.15, -0.1) is 0 Å². The number of unbranched alkanes of at least 4 members (excludes halogenated alkanes) is 1. The SMILES string of the molecule is NCCCC[C@H](N)C(=O)O.N[C@@H](CO)C(=O)O.N[C@@H](Cc1ccc(O)cc1)C(=O)O.O=C(O)[C@@H]1CCCN1.O=C(O)[C@@H]1CCCN1. The van der Waals surface area contributed by atoms with Crippen LogP contribution in [-0.2, 0) is 30.4 Å². The first-order valence-corrected chi connectivity index (χ1v) is 14.5. The quantitative estimate of drug-likeness (QED) is 0.107. The number of carboxylic acid groups (broad SMARTS) is 5. The molecule has 3 rings (SSSR count). The number of aliphatic hydroxyl groups is 1. The number of aliphatic hydroxyl groups excluding tert-OH is 1. The maximum atomic E-state index is 10.4. The Morgan fingerprint density at radius 2 is 1.15 bits per heavy atom. The van der Waals surface area contributed by atoms with E-state index in [0.717, 1.165) is 57.2 Å². The minimum Gasteiger partial charge on any atom is -0.508 e. The summed E-state index contributed by atoms with van der Waals surface area (Å²) >= 11 is 0. The molecule has 2 fully saturated rings. The van der Waals surface area contributed by atoms with Crippen LogP contribution < -0.4 is 33.6 Å². The average Bonchev–Trinajstić information content (AvgIpc) is 3.75. The molecule has 18 nitrogen and oxygen atoms in total. The molecule has 0 aliphatic carbocycles. The summed E-state index contributed by atoms with van der Waals surface area (Å²) < 4.78 is 0. The molecule has 2 aliphatic heterocycles. The molecule has 0 radical (unpaired) electrons. The number of rotatable bonds is 12. The van der Waals surface area contributed by atoms with Gasteiger partial charge in [0.25, 0.3) is 0 Å². The molecule has 1 aromatic rings. The van der Waals surface area contributed by atoms with Gasteiger partial charge in [-0.05, 0) is 82.3 Å². The van der Waals surface area contributed by atoms with Gasteiger partial charge in [0, 0.05) is 0 Å². The molecule has 18 heteroatoms. The van der Waals surface area contributed by atoms with E-state index in [-0.39, 0.29) is 24.3 Å². The Morgan fingerprint density at radius 3 is 1.41 bits per heavy atom. The van der Waals surface area contributed by atoms with E-state index in [0.29, 0.717) is 13.0 Å². The van der Waals surface area contributed by atoms with E-state index in [2.05, 4.69) is 10.6 Å². The summed E-state index contributed by atoms with van der Waals surface area (Å²) in [6.45, 7) is 1.82. The van der Waals surface area contributed by atoms with Crippen LogP contribution in [0.3, 0.4) is 0 Å². The first-order valence-electron chi connectivity index (χ1n) is 14.5. The van der Waals surface area contributed by atoms with Crippen LogP contribution in [0, 0.1) is 0 Å². The molecule has 0 spiro atoms. The molecule has 46 heavy (non-hydrogen) atoms. The summed E-state index contributed by atoms with van der Waals surface area (Å²) in [7, 11) is 0. The maximum Gasteiger partial charge on any atom is 0.322 e. The maximum absolute atomic E-state index is 10.4. The second-order valence-electron chi connectivity index (χ2n) is 10.1. The van der Waals surface area contributed by atoms with Crippen molar-refractivity contribution in [1.29, 1.82) is 0 Å². The van der Waals surface area contributed by atoms with E-state index in [9.17, 15) is 24.0 Å². The predicted molar refractivity (Wildman–Crippen MR) is 166 cm³/mol. The number of phenolic OH excluding ortho intramolecular Hbond substituents is 1. The van der Waals surface area contributed by atoms with Crippen molar-refractivity contribution in [3.8, 4) is 5.75 Å². The number of carbonyl (C=O) groups is 5. The highest BCUT2D eigenvalue weighted by Gasteiger charge is 2.21. The summed E-state index contributed by atoms with van der Waals surface area (Å²) in [6, 6.07) is 3.05. The predicted octanol–water partition coefficient (Wildman–Crippen LogP) is -2.09. The van der Waals surface area contributed by atoms with Crippen LogP contribution in [0.15, 0.2) is 24.3 Å². The monoisotopic (exact) mass is 662 g/mol. The highest BCUT2D eigenvalue weighted by atomic mass is 16.4. The Bertz CT molecular complexity index is 993. The number of phenols is 1. The first-order chi connectivity index (χ1) is 21.6. The molecule has 0 unspecified atom stereocenters. The Hall–Kier alpha value is -3.91. The van der Waals surface area contributed by atoms with Crippen LogP contribution in [0.2, 0.25) is 0 Å². The molecule has 5 atom stereocenters. The standard InChI is InChI=1S/C9H11NO3.C6H14N2O2.2C5H9NO2.C3H7NO3/c10-8(9(12)13)5-6-1-3-7(11)4-2-6;7-4-2-1-3-5(8)6(9)10;2*7-5(8)4-2-1-3-6-4;4-2(1-5)3(6)7/h1-4,8,11H,5,10H2,(H,12,13);5H,1-4,7-8H2,(H,9,10);2*4,6H,1-3H2,(H,7,8);2,5H,1,4H2,(H,6,7)/t8-;5-;2*4-;2-/m00000/s1. The Balaban J connectivity index is 0. The van der Waals surface area contributed by atoms with Crippen molar-refractivity contribution in [2.75, 3.05) is 26.2 Å². The third-order valence-corrected chi connectivity index (χ3v) is 6.23. The smallest absolute Gasteiger partial charge is 0.322 e. The Labute approximate surface area is 266 Å². The molecule has 0 aromatic heterocycles. The zero-order valence-corrected chi connectivity index (χ0v) is 25.7. The van der Waals surface area contributed by atoms with Crippen molar-refractivity contribution in [3.63, 3.8) is 0 Å². The van der Waals surface area contributed by atoms with Crippen LogP contribution in [0.25, 0.3) is 0 Å². The molecule has 2 heterocycles. The van der Waals surface area contributed by atoms with Crippen LogP contribution in [-0.4, -0.2) is 122 Å². The van der Waals surface area contributed by atoms with E-state index >= 15 is 0 Å². The van der Waals surface area contributed by atoms with E-state index in [4.69, 9.17) is 58.7 Å². The molecule has 2 aliphatic rings. The number of carboxylic acids is 5. The lowest BCUT2D eigenvalue weighted by Crippen LogP contribution is -2.33. The molecular formula is C28H50N6O12. The fourth-order valence-corrected chi connectivity index (χ4v) is 3.47. The fraction of sp³-hybridized carbons (Fsp3) is 0.607.